The van der Waals surface area contributed by atoms with Gasteiger partial charge in [-0.05, 0) is 62.9 Å². The molecule has 6 rings (SSSR count). The van der Waals surface area contributed by atoms with E-state index >= 15 is 0 Å². The number of benzene rings is 3. The molecule has 1 aromatic heterocycles. The molecule has 0 spiro atoms. The van der Waals surface area contributed by atoms with Crippen molar-refractivity contribution in [3.05, 3.63) is 106 Å². The summed E-state index contributed by atoms with van der Waals surface area (Å²) in [6, 6.07) is 22.6. The number of para-hydroxylation sites is 1. The summed E-state index contributed by atoms with van der Waals surface area (Å²) in [4.78, 5) is 29.9. The number of hydrogen-bond donors (Lipinski definition) is 2. The molecule has 0 bridgehead atoms. The molecule has 2 aliphatic heterocycles. The first-order valence-corrected chi connectivity index (χ1v) is 14.4. The molecule has 1 saturated heterocycles. The summed E-state index contributed by atoms with van der Waals surface area (Å²) in [7, 11) is 1.75. The number of anilines is 3. The van der Waals surface area contributed by atoms with E-state index in [0.717, 1.165) is 16.8 Å². The molecule has 1 unspecified atom stereocenters. The van der Waals surface area contributed by atoms with Crippen LogP contribution in [0.2, 0.25) is 0 Å². The van der Waals surface area contributed by atoms with Crippen molar-refractivity contribution in [2.45, 2.75) is 38.7 Å². The van der Waals surface area contributed by atoms with Gasteiger partial charge in [0.2, 0.25) is 5.91 Å². The first kappa shape index (κ1) is 28.2. The minimum absolute atomic E-state index is 0.134. The van der Waals surface area contributed by atoms with Gasteiger partial charge in [0, 0.05) is 48.1 Å². The maximum absolute atomic E-state index is 13.4. The van der Waals surface area contributed by atoms with E-state index < -0.39 is 5.60 Å². The van der Waals surface area contributed by atoms with Crippen LogP contribution in [-0.4, -0.2) is 42.2 Å². The van der Waals surface area contributed by atoms with Gasteiger partial charge in [-0.1, -0.05) is 41.6 Å². The number of nitriles is 1. The zero-order chi connectivity index (χ0) is 30.3. The number of fused-ring (bicyclic) bond motifs is 2. The number of aromatic nitrogens is 1. The Kier molecular flexibility index (Phi) is 7.24. The number of hydrogen-bond acceptors (Lipinski definition) is 7. The van der Waals surface area contributed by atoms with Crippen LogP contribution in [0.3, 0.4) is 0 Å². The number of nitrogens with zero attached hydrogens (tertiary/aromatic N) is 4. The van der Waals surface area contributed by atoms with Crippen LogP contribution >= 0.6 is 0 Å². The first-order chi connectivity index (χ1) is 20.7. The van der Waals surface area contributed by atoms with Crippen molar-refractivity contribution in [1.29, 1.82) is 5.26 Å². The Labute approximate surface area is 250 Å². The Morgan fingerprint density at radius 1 is 1.07 bits per heavy atom. The fraction of sp³-hybridized carbons (Fsp3) is 0.294. The van der Waals surface area contributed by atoms with Crippen molar-refractivity contribution in [3.8, 4) is 6.07 Å². The van der Waals surface area contributed by atoms with Crippen LogP contribution in [0, 0.1) is 31.1 Å². The van der Waals surface area contributed by atoms with Crippen molar-refractivity contribution in [2.75, 3.05) is 35.3 Å². The maximum Gasteiger partial charge on any atom is 0.258 e. The number of carbonyl (C=O) groups excluding carboxylic acids is 2. The van der Waals surface area contributed by atoms with Gasteiger partial charge in [0.15, 0.2) is 0 Å². The maximum atomic E-state index is 13.4. The van der Waals surface area contributed by atoms with Gasteiger partial charge in [0.1, 0.15) is 17.4 Å². The SMILES string of the molecule is Cc1noc(C)c1CC(=O)Nc1ccc(N2CCC(C3(O)c4ccccc4C(=O)N(C)c4ccccc43)CC2)c(C#N)c1. The monoisotopic (exact) mass is 575 g/mol. The standard InChI is InChI=1S/C34H33N5O4/c1-21-27(22(2)43-37-21)19-32(40)36-25-12-13-30(23(18-25)20-35)39-16-14-24(15-17-39)34(42)28-9-5-4-8-26(28)33(41)38(3)31-11-7-6-10-29(31)34/h4-13,18,24,42H,14-17,19H2,1-3H3,(H,36,40). The second kappa shape index (κ2) is 11.0. The van der Waals surface area contributed by atoms with E-state index in [1.165, 1.54) is 0 Å². The number of aliphatic hydroxyl groups is 1. The molecular weight excluding hydrogens is 542 g/mol. The van der Waals surface area contributed by atoms with Crippen LogP contribution in [0.15, 0.2) is 71.3 Å². The fourth-order valence-corrected chi connectivity index (χ4v) is 6.60. The van der Waals surface area contributed by atoms with Crippen LogP contribution < -0.4 is 15.1 Å². The van der Waals surface area contributed by atoms with Gasteiger partial charge in [-0.3, -0.25) is 9.59 Å². The average molecular weight is 576 g/mol. The molecule has 43 heavy (non-hydrogen) atoms. The molecule has 0 radical (unpaired) electrons. The normalized spacial score (nSPS) is 18.4. The topological polar surface area (TPSA) is 123 Å². The second-order valence-corrected chi connectivity index (χ2v) is 11.3. The number of rotatable bonds is 5. The number of aryl methyl sites for hydroxylation is 2. The molecule has 2 amide bonds. The molecular formula is C34H33N5O4. The van der Waals surface area contributed by atoms with Gasteiger partial charge in [-0.25, -0.2) is 0 Å². The third kappa shape index (κ3) is 4.84. The largest absolute Gasteiger partial charge is 0.380 e. The molecule has 1 atom stereocenters. The van der Waals surface area contributed by atoms with Gasteiger partial charge in [-0.15, -0.1) is 0 Å². The molecule has 3 heterocycles. The number of amides is 2. The smallest absolute Gasteiger partial charge is 0.258 e. The van der Waals surface area contributed by atoms with Gasteiger partial charge >= 0.3 is 0 Å². The van der Waals surface area contributed by atoms with E-state index in [-0.39, 0.29) is 24.2 Å². The third-order valence-electron chi connectivity index (χ3n) is 8.89. The Morgan fingerprint density at radius 2 is 1.77 bits per heavy atom. The van der Waals surface area contributed by atoms with Gasteiger partial charge < -0.3 is 24.7 Å². The molecule has 3 aromatic carbocycles. The van der Waals surface area contributed by atoms with Gasteiger partial charge in [-0.2, -0.15) is 5.26 Å². The summed E-state index contributed by atoms with van der Waals surface area (Å²) in [6.45, 7) is 4.81. The lowest BCUT2D eigenvalue weighted by atomic mass is 9.70. The Hall–Kier alpha value is -4.94. The fourth-order valence-electron chi connectivity index (χ4n) is 6.60. The predicted molar refractivity (Wildman–Crippen MR) is 163 cm³/mol. The van der Waals surface area contributed by atoms with E-state index in [9.17, 15) is 20.0 Å². The lowest BCUT2D eigenvalue weighted by Gasteiger charge is -2.43. The summed E-state index contributed by atoms with van der Waals surface area (Å²) in [5.41, 5.74) is 4.44. The van der Waals surface area contributed by atoms with Crippen LogP contribution in [0.25, 0.3) is 0 Å². The quantitative estimate of drug-likeness (QED) is 0.340. The van der Waals surface area contributed by atoms with Gasteiger partial charge in [0.25, 0.3) is 5.91 Å². The highest BCUT2D eigenvalue weighted by Gasteiger charge is 2.47. The molecule has 9 nitrogen and oxygen atoms in total. The zero-order valence-electron chi connectivity index (χ0n) is 24.4. The highest BCUT2D eigenvalue weighted by molar-refractivity contribution is 6.08. The first-order valence-electron chi connectivity index (χ1n) is 14.4. The molecule has 2 N–H and O–H groups in total. The van der Waals surface area contributed by atoms with E-state index in [2.05, 4.69) is 21.4 Å². The van der Waals surface area contributed by atoms with Crippen molar-refractivity contribution in [2.24, 2.45) is 5.92 Å². The number of piperidine rings is 1. The molecule has 4 aromatic rings. The second-order valence-electron chi connectivity index (χ2n) is 11.3. The molecule has 0 aliphatic carbocycles. The van der Waals surface area contributed by atoms with Crippen molar-refractivity contribution < 1.29 is 19.2 Å². The minimum atomic E-state index is -1.35. The van der Waals surface area contributed by atoms with Crippen molar-refractivity contribution >= 4 is 28.9 Å². The Balaban J connectivity index is 1.23. The molecule has 2 aliphatic rings. The summed E-state index contributed by atoms with van der Waals surface area (Å²) >= 11 is 0. The summed E-state index contributed by atoms with van der Waals surface area (Å²) in [6.07, 6.45) is 1.44. The Bertz CT molecular complexity index is 1750. The van der Waals surface area contributed by atoms with Crippen molar-refractivity contribution in [1.82, 2.24) is 5.16 Å². The highest BCUT2D eigenvalue weighted by atomic mass is 16.5. The lowest BCUT2D eigenvalue weighted by molar-refractivity contribution is -0.115. The van der Waals surface area contributed by atoms with Gasteiger partial charge in [0.05, 0.1) is 29.1 Å². The molecule has 0 saturated carbocycles. The van der Waals surface area contributed by atoms with E-state index in [4.69, 9.17) is 4.52 Å². The predicted octanol–water partition coefficient (Wildman–Crippen LogP) is 5.09. The van der Waals surface area contributed by atoms with E-state index in [1.807, 2.05) is 48.5 Å². The van der Waals surface area contributed by atoms with Crippen LogP contribution in [-0.2, 0) is 16.8 Å². The zero-order valence-corrected chi connectivity index (χ0v) is 24.4. The molecule has 1 fully saturated rings. The minimum Gasteiger partial charge on any atom is -0.380 e. The molecule has 9 heteroatoms. The van der Waals surface area contributed by atoms with E-state index in [1.54, 1.807) is 44.0 Å². The van der Waals surface area contributed by atoms with Crippen molar-refractivity contribution in [3.63, 3.8) is 0 Å². The van der Waals surface area contributed by atoms with Crippen LogP contribution in [0.1, 0.15) is 56.9 Å². The lowest BCUT2D eigenvalue weighted by Crippen LogP contribution is -2.44. The summed E-state index contributed by atoms with van der Waals surface area (Å²) < 4.78 is 5.16. The summed E-state index contributed by atoms with van der Waals surface area (Å²) in [5.74, 6) is 0.101. The number of nitrogens with one attached hydrogen (secondary N) is 1. The van der Waals surface area contributed by atoms with E-state index in [0.29, 0.717) is 65.5 Å². The summed E-state index contributed by atoms with van der Waals surface area (Å²) in [5, 5.41) is 29.4. The number of carbonyl (C=O) groups is 2. The Morgan fingerprint density at radius 3 is 2.47 bits per heavy atom. The third-order valence-corrected chi connectivity index (χ3v) is 8.89. The van der Waals surface area contributed by atoms with Crippen LogP contribution in [0.4, 0.5) is 17.1 Å². The van der Waals surface area contributed by atoms with Crippen LogP contribution in [0.5, 0.6) is 0 Å². The average Bonchev–Trinajstić information content (AvgIpc) is 3.32. The molecule has 218 valence electrons. The highest BCUT2D eigenvalue weighted by Crippen LogP contribution is 2.48.